The predicted molar refractivity (Wildman–Crippen MR) is 45.8 cm³/mol. The minimum absolute atomic E-state index is 0.176. The number of hydrogen-bond acceptors (Lipinski definition) is 3. The Labute approximate surface area is 64.4 Å². The first-order valence-corrected chi connectivity index (χ1v) is 3.32. The average molecular weight is 153 g/mol. The van der Waals surface area contributed by atoms with Gasteiger partial charge < -0.3 is 16.0 Å². The topological polar surface area (TPSA) is 70.9 Å². The highest BCUT2D eigenvalue weighted by Crippen LogP contribution is 2.10. The zero-order chi connectivity index (χ0) is 8.43. The van der Waals surface area contributed by atoms with Gasteiger partial charge in [0.25, 0.3) is 5.56 Å². The molecular weight excluding hydrogens is 142 g/mol. The van der Waals surface area contributed by atoms with E-state index in [1.165, 1.54) is 0 Å². The van der Waals surface area contributed by atoms with E-state index in [4.69, 9.17) is 5.73 Å². The Bertz CT molecular complexity index is 316. The van der Waals surface area contributed by atoms with Crippen molar-refractivity contribution in [3.8, 4) is 0 Å². The lowest BCUT2D eigenvalue weighted by atomic mass is 10.3. The number of pyridine rings is 1. The van der Waals surface area contributed by atoms with Crippen LogP contribution in [0.5, 0.6) is 0 Å². The van der Waals surface area contributed by atoms with Crippen LogP contribution >= 0.6 is 0 Å². The van der Waals surface area contributed by atoms with Gasteiger partial charge in [0, 0.05) is 12.7 Å². The van der Waals surface area contributed by atoms with Crippen molar-refractivity contribution in [2.24, 2.45) is 0 Å². The van der Waals surface area contributed by atoms with Crippen molar-refractivity contribution in [1.29, 1.82) is 0 Å². The molecule has 1 aromatic rings. The third-order valence-electron chi connectivity index (χ3n) is 1.45. The van der Waals surface area contributed by atoms with E-state index in [0.717, 1.165) is 5.69 Å². The zero-order valence-electron chi connectivity index (χ0n) is 6.56. The van der Waals surface area contributed by atoms with Crippen LogP contribution in [0.1, 0.15) is 5.69 Å². The third-order valence-corrected chi connectivity index (χ3v) is 1.45. The summed E-state index contributed by atoms with van der Waals surface area (Å²) in [6.07, 6.45) is 0. The summed E-state index contributed by atoms with van der Waals surface area (Å²) in [5, 5.41) is 2.72. The summed E-state index contributed by atoms with van der Waals surface area (Å²) in [7, 11) is 1.66. The summed E-state index contributed by atoms with van der Waals surface area (Å²) in [6, 6.07) is 1.72. The summed E-state index contributed by atoms with van der Waals surface area (Å²) in [4.78, 5) is 13.7. The van der Waals surface area contributed by atoms with Crippen molar-refractivity contribution in [2.75, 3.05) is 18.1 Å². The molecule has 4 nitrogen and oxygen atoms in total. The highest BCUT2D eigenvalue weighted by Gasteiger charge is 2.01. The van der Waals surface area contributed by atoms with Crippen LogP contribution in [0.15, 0.2) is 10.9 Å². The van der Waals surface area contributed by atoms with Crippen molar-refractivity contribution in [2.45, 2.75) is 6.92 Å². The highest BCUT2D eigenvalue weighted by atomic mass is 16.1. The number of anilines is 2. The molecule has 4 N–H and O–H groups in total. The SMILES string of the molecule is CNc1c(N)cc(C)[nH]c1=O. The monoisotopic (exact) mass is 153 g/mol. The highest BCUT2D eigenvalue weighted by molar-refractivity contribution is 5.64. The van der Waals surface area contributed by atoms with Gasteiger partial charge in [-0.1, -0.05) is 0 Å². The molecule has 0 atom stereocenters. The van der Waals surface area contributed by atoms with E-state index in [9.17, 15) is 4.79 Å². The molecular formula is C7H11N3O. The number of H-pyrrole nitrogens is 1. The molecule has 0 amide bonds. The second kappa shape index (κ2) is 2.65. The predicted octanol–water partition coefficient (Wildman–Crippen LogP) is 0.307. The molecule has 11 heavy (non-hydrogen) atoms. The molecule has 0 aliphatic heterocycles. The van der Waals surface area contributed by atoms with E-state index in [-0.39, 0.29) is 5.56 Å². The Balaban J connectivity index is 3.37. The van der Waals surface area contributed by atoms with Gasteiger partial charge in [0.2, 0.25) is 0 Å². The Morgan fingerprint density at radius 1 is 1.64 bits per heavy atom. The van der Waals surface area contributed by atoms with Crippen LogP contribution in [0.3, 0.4) is 0 Å². The number of aryl methyl sites for hydroxylation is 1. The fourth-order valence-electron chi connectivity index (χ4n) is 0.972. The molecule has 1 rings (SSSR count). The molecule has 0 aliphatic rings. The Hall–Kier alpha value is -1.45. The van der Waals surface area contributed by atoms with Crippen LogP contribution in [0, 0.1) is 6.92 Å². The summed E-state index contributed by atoms with van der Waals surface area (Å²) in [6.45, 7) is 1.79. The van der Waals surface area contributed by atoms with E-state index in [1.807, 2.05) is 0 Å². The first-order valence-electron chi connectivity index (χ1n) is 3.32. The lowest BCUT2D eigenvalue weighted by Crippen LogP contribution is -2.14. The molecule has 0 unspecified atom stereocenters. The van der Waals surface area contributed by atoms with Crippen LogP contribution in [-0.2, 0) is 0 Å². The van der Waals surface area contributed by atoms with Crippen LogP contribution < -0.4 is 16.6 Å². The van der Waals surface area contributed by atoms with Crippen molar-refractivity contribution in [1.82, 2.24) is 4.98 Å². The maximum Gasteiger partial charge on any atom is 0.273 e. The van der Waals surface area contributed by atoms with Crippen LogP contribution in [0.2, 0.25) is 0 Å². The number of hydrogen-bond donors (Lipinski definition) is 3. The fourth-order valence-corrected chi connectivity index (χ4v) is 0.972. The maximum absolute atomic E-state index is 11.1. The Morgan fingerprint density at radius 3 is 2.73 bits per heavy atom. The third kappa shape index (κ3) is 1.34. The lowest BCUT2D eigenvalue weighted by molar-refractivity contribution is 1.14. The Morgan fingerprint density at radius 2 is 2.27 bits per heavy atom. The molecule has 0 saturated carbocycles. The van der Waals surface area contributed by atoms with Crippen molar-refractivity contribution in [3.63, 3.8) is 0 Å². The number of rotatable bonds is 1. The maximum atomic E-state index is 11.1. The van der Waals surface area contributed by atoms with E-state index < -0.39 is 0 Å². The molecule has 4 heteroatoms. The zero-order valence-corrected chi connectivity index (χ0v) is 6.56. The second-order valence-corrected chi connectivity index (χ2v) is 2.36. The smallest absolute Gasteiger partial charge is 0.273 e. The molecule has 0 spiro atoms. The summed E-state index contributed by atoms with van der Waals surface area (Å²) in [5.41, 5.74) is 7.05. The molecule has 0 saturated heterocycles. The normalized spacial score (nSPS) is 9.64. The lowest BCUT2D eigenvalue weighted by Gasteiger charge is -2.03. The van der Waals surface area contributed by atoms with Crippen molar-refractivity contribution >= 4 is 11.4 Å². The number of aromatic amines is 1. The van der Waals surface area contributed by atoms with Crippen LogP contribution in [-0.4, -0.2) is 12.0 Å². The van der Waals surface area contributed by atoms with Crippen molar-refractivity contribution < 1.29 is 0 Å². The molecule has 0 bridgehead atoms. The van der Waals surface area contributed by atoms with Gasteiger partial charge in [-0.25, -0.2) is 0 Å². The number of nitrogens with one attached hydrogen (secondary N) is 2. The molecule has 0 fully saturated rings. The van der Waals surface area contributed by atoms with Gasteiger partial charge in [-0.2, -0.15) is 0 Å². The molecule has 0 radical (unpaired) electrons. The molecule has 1 heterocycles. The van der Waals surface area contributed by atoms with Gasteiger partial charge in [0.05, 0.1) is 5.69 Å². The summed E-state index contributed by atoms with van der Waals surface area (Å²) < 4.78 is 0. The van der Waals surface area contributed by atoms with E-state index in [1.54, 1.807) is 20.0 Å². The molecule has 60 valence electrons. The summed E-state index contributed by atoms with van der Waals surface area (Å²) in [5.74, 6) is 0. The standard InChI is InChI=1S/C7H11N3O/c1-4-3-5(8)6(9-2)7(11)10-4/h3,9H,1-2H3,(H3,8,10,11). The van der Waals surface area contributed by atoms with Gasteiger partial charge in [0.1, 0.15) is 5.69 Å². The van der Waals surface area contributed by atoms with Crippen molar-refractivity contribution in [3.05, 3.63) is 22.1 Å². The van der Waals surface area contributed by atoms with Crippen LogP contribution in [0.25, 0.3) is 0 Å². The minimum Gasteiger partial charge on any atom is -0.397 e. The van der Waals surface area contributed by atoms with Gasteiger partial charge >= 0.3 is 0 Å². The minimum atomic E-state index is -0.176. The summed E-state index contributed by atoms with van der Waals surface area (Å²) >= 11 is 0. The molecule has 0 aliphatic carbocycles. The Kier molecular flexibility index (Phi) is 1.85. The fraction of sp³-hybridized carbons (Fsp3) is 0.286. The number of aromatic nitrogens is 1. The quantitative estimate of drug-likeness (QED) is 0.543. The first kappa shape index (κ1) is 7.65. The number of nitrogens with two attached hydrogens (primary N) is 1. The van der Waals surface area contributed by atoms with Gasteiger partial charge in [0.15, 0.2) is 0 Å². The van der Waals surface area contributed by atoms with E-state index >= 15 is 0 Å². The average Bonchev–Trinajstić information content (AvgIpc) is 1.85. The molecule has 1 aromatic heterocycles. The van der Waals surface area contributed by atoms with Crippen LogP contribution in [0.4, 0.5) is 11.4 Å². The number of nitrogen functional groups attached to an aromatic ring is 1. The second-order valence-electron chi connectivity index (χ2n) is 2.36. The molecule has 0 aromatic carbocycles. The van der Waals surface area contributed by atoms with Gasteiger partial charge in [-0.15, -0.1) is 0 Å². The van der Waals surface area contributed by atoms with E-state index in [2.05, 4.69) is 10.3 Å². The van der Waals surface area contributed by atoms with Gasteiger partial charge in [-0.05, 0) is 13.0 Å². The first-order chi connectivity index (χ1) is 5.15. The van der Waals surface area contributed by atoms with Gasteiger partial charge in [-0.3, -0.25) is 4.79 Å². The largest absolute Gasteiger partial charge is 0.397 e. The van der Waals surface area contributed by atoms with E-state index in [0.29, 0.717) is 11.4 Å².